The van der Waals surface area contributed by atoms with E-state index in [1.165, 1.54) is 33.4 Å². The van der Waals surface area contributed by atoms with E-state index in [4.69, 9.17) is 0 Å². The Balaban J connectivity index is 1.76. The zero-order chi connectivity index (χ0) is 21.8. The van der Waals surface area contributed by atoms with Gasteiger partial charge in [0.05, 0.1) is 5.57 Å². The fraction of sp³-hybridized carbons (Fsp3) is 0.222. The summed E-state index contributed by atoms with van der Waals surface area (Å²) in [4.78, 5) is 12.3. The summed E-state index contributed by atoms with van der Waals surface area (Å²) < 4.78 is 0. The molecule has 154 valence electrons. The molecule has 0 spiro atoms. The molecular formula is C27H30N2O. The molecule has 0 atom stereocenters. The quantitative estimate of drug-likeness (QED) is 0.622. The van der Waals surface area contributed by atoms with E-state index >= 15 is 0 Å². The summed E-state index contributed by atoms with van der Waals surface area (Å²) in [6.45, 7) is 18.2. The Kier molecular flexibility index (Phi) is 6.41. The van der Waals surface area contributed by atoms with Crippen LogP contribution in [-0.2, 0) is 17.6 Å². The average molecular weight is 399 g/mol. The number of carbonyl (C=O) groups excluding carboxylic acids is 1. The number of hydrogen-bond donors (Lipinski definition) is 2. The molecule has 1 amide bonds. The van der Waals surface area contributed by atoms with Crippen molar-refractivity contribution < 1.29 is 4.79 Å². The van der Waals surface area contributed by atoms with Crippen molar-refractivity contribution in [2.45, 2.75) is 40.0 Å². The van der Waals surface area contributed by atoms with E-state index in [1.807, 2.05) is 6.08 Å². The zero-order valence-electron chi connectivity index (χ0n) is 18.2. The number of allylic oxidation sites excluding steroid dienone is 1. The molecule has 3 nitrogen and oxygen atoms in total. The normalized spacial score (nSPS) is 15.2. The number of benzene rings is 2. The molecule has 1 aliphatic rings. The zero-order valence-corrected chi connectivity index (χ0v) is 18.2. The summed E-state index contributed by atoms with van der Waals surface area (Å²) in [7, 11) is 0. The maximum absolute atomic E-state index is 12.3. The lowest BCUT2D eigenvalue weighted by atomic mass is 9.93. The van der Waals surface area contributed by atoms with Gasteiger partial charge in [-0.3, -0.25) is 4.79 Å². The van der Waals surface area contributed by atoms with Gasteiger partial charge in [0.25, 0.3) is 5.91 Å². The van der Waals surface area contributed by atoms with Crippen molar-refractivity contribution in [2.24, 2.45) is 0 Å². The molecule has 1 heterocycles. The van der Waals surface area contributed by atoms with E-state index in [9.17, 15) is 4.79 Å². The highest BCUT2D eigenvalue weighted by molar-refractivity contribution is 6.04. The van der Waals surface area contributed by atoms with Crippen LogP contribution in [0.2, 0.25) is 0 Å². The summed E-state index contributed by atoms with van der Waals surface area (Å²) in [5.41, 5.74) is 9.64. The monoisotopic (exact) mass is 398 g/mol. The van der Waals surface area contributed by atoms with Gasteiger partial charge in [-0.25, -0.2) is 0 Å². The number of rotatable bonds is 6. The Hall–Kier alpha value is -3.33. The van der Waals surface area contributed by atoms with E-state index in [-0.39, 0.29) is 5.91 Å². The predicted molar refractivity (Wildman–Crippen MR) is 127 cm³/mol. The lowest BCUT2D eigenvalue weighted by Crippen LogP contribution is -2.39. The van der Waals surface area contributed by atoms with E-state index in [2.05, 4.69) is 87.5 Å². The fourth-order valence-corrected chi connectivity index (χ4v) is 3.83. The van der Waals surface area contributed by atoms with Crippen molar-refractivity contribution >= 4 is 17.6 Å². The standard InChI is InChI=1S/C27H30N2O/c1-7-17(2)24-11-8-22(9-12-24)10-13-25-18(3)14-23(15-19(25)4)16-26-20(5)28-21(6)29-27(26)30/h8-9,11-12,14-16,28H,2,5-7,10,13H2,1,3-4H3,(H,29,30)/b26-16+. The summed E-state index contributed by atoms with van der Waals surface area (Å²) >= 11 is 0. The fourth-order valence-electron chi connectivity index (χ4n) is 3.83. The molecule has 1 saturated heterocycles. The molecule has 2 N–H and O–H groups in total. The van der Waals surface area contributed by atoms with Crippen LogP contribution in [0.15, 0.2) is 73.2 Å². The van der Waals surface area contributed by atoms with Gasteiger partial charge < -0.3 is 10.6 Å². The first-order chi connectivity index (χ1) is 14.3. The molecule has 30 heavy (non-hydrogen) atoms. The van der Waals surface area contributed by atoms with Crippen molar-refractivity contribution in [3.63, 3.8) is 0 Å². The third-order valence-corrected chi connectivity index (χ3v) is 5.62. The van der Waals surface area contributed by atoms with Gasteiger partial charge in [0.2, 0.25) is 0 Å². The maximum Gasteiger partial charge on any atom is 0.258 e. The highest BCUT2D eigenvalue weighted by Crippen LogP contribution is 2.23. The first-order valence-electron chi connectivity index (χ1n) is 10.3. The molecule has 2 aromatic carbocycles. The van der Waals surface area contributed by atoms with Crippen molar-refractivity contribution in [1.82, 2.24) is 10.6 Å². The van der Waals surface area contributed by atoms with Gasteiger partial charge in [0.1, 0.15) is 5.82 Å². The third kappa shape index (κ3) is 4.80. The maximum atomic E-state index is 12.3. The highest BCUT2D eigenvalue weighted by Gasteiger charge is 2.20. The number of nitrogens with one attached hydrogen (secondary N) is 2. The van der Waals surface area contributed by atoms with Crippen molar-refractivity contribution in [3.05, 3.63) is 107 Å². The third-order valence-electron chi connectivity index (χ3n) is 5.62. The molecule has 0 aromatic heterocycles. The van der Waals surface area contributed by atoms with Gasteiger partial charge in [-0.1, -0.05) is 63.1 Å². The van der Waals surface area contributed by atoms with Crippen LogP contribution in [0.4, 0.5) is 0 Å². The summed E-state index contributed by atoms with van der Waals surface area (Å²) in [6.07, 6.45) is 4.82. The first-order valence-corrected chi connectivity index (χ1v) is 10.3. The SMILES string of the molecule is C=C1NC(=C)/C(=C\c2cc(C)c(CCc3ccc(C(=C)CC)cc3)c(C)c2)C(=O)N1. The van der Waals surface area contributed by atoms with Crippen molar-refractivity contribution in [1.29, 1.82) is 0 Å². The molecule has 0 unspecified atom stereocenters. The second-order valence-electron chi connectivity index (χ2n) is 7.88. The van der Waals surface area contributed by atoms with Gasteiger partial charge in [0, 0.05) is 5.70 Å². The lowest BCUT2D eigenvalue weighted by Gasteiger charge is -2.22. The van der Waals surface area contributed by atoms with Gasteiger partial charge in [-0.15, -0.1) is 0 Å². The molecule has 0 radical (unpaired) electrons. The summed E-state index contributed by atoms with van der Waals surface area (Å²) in [6, 6.07) is 13.0. The Morgan fingerprint density at radius 3 is 2.20 bits per heavy atom. The molecule has 3 rings (SSSR count). The van der Waals surface area contributed by atoms with Crippen LogP contribution in [0.1, 0.15) is 46.7 Å². The van der Waals surface area contributed by atoms with Gasteiger partial charge >= 0.3 is 0 Å². The molecule has 3 heteroatoms. The first kappa shape index (κ1) is 21.4. The number of amides is 1. The number of carbonyl (C=O) groups is 1. The van der Waals surface area contributed by atoms with Crippen LogP contribution >= 0.6 is 0 Å². The Morgan fingerprint density at radius 2 is 1.63 bits per heavy atom. The van der Waals surface area contributed by atoms with E-state index < -0.39 is 0 Å². The average Bonchev–Trinajstić information content (AvgIpc) is 2.70. The molecule has 0 bridgehead atoms. The Labute approximate surface area is 179 Å². The number of aryl methyl sites for hydroxylation is 3. The minimum absolute atomic E-state index is 0.183. The van der Waals surface area contributed by atoms with Crippen molar-refractivity contribution in [3.8, 4) is 0 Å². The minimum Gasteiger partial charge on any atom is -0.342 e. The predicted octanol–water partition coefficient (Wildman–Crippen LogP) is 5.60. The molecule has 2 aromatic rings. The van der Waals surface area contributed by atoms with Crippen LogP contribution in [0, 0.1) is 13.8 Å². The Bertz CT molecular complexity index is 1010. The van der Waals surface area contributed by atoms with Crippen LogP contribution < -0.4 is 10.6 Å². The molecule has 0 saturated carbocycles. The highest BCUT2D eigenvalue weighted by atomic mass is 16.2. The van der Waals surface area contributed by atoms with Gasteiger partial charge in [0.15, 0.2) is 0 Å². The minimum atomic E-state index is -0.183. The smallest absolute Gasteiger partial charge is 0.258 e. The van der Waals surface area contributed by atoms with E-state index in [0.29, 0.717) is 17.1 Å². The molecular weight excluding hydrogens is 368 g/mol. The topological polar surface area (TPSA) is 41.1 Å². The van der Waals surface area contributed by atoms with Crippen LogP contribution in [0.5, 0.6) is 0 Å². The van der Waals surface area contributed by atoms with Gasteiger partial charge in [-0.2, -0.15) is 0 Å². The van der Waals surface area contributed by atoms with E-state index in [0.717, 1.165) is 24.8 Å². The molecule has 1 fully saturated rings. The van der Waals surface area contributed by atoms with Crippen molar-refractivity contribution in [2.75, 3.05) is 0 Å². The molecule has 0 aliphatic carbocycles. The second-order valence-corrected chi connectivity index (χ2v) is 7.88. The van der Waals surface area contributed by atoms with Crippen LogP contribution in [-0.4, -0.2) is 5.91 Å². The summed E-state index contributed by atoms with van der Waals surface area (Å²) in [5.74, 6) is 0.272. The summed E-state index contributed by atoms with van der Waals surface area (Å²) in [5, 5.41) is 5.67. The lowest BCUT2D eigenvalue weighted by molar-refractivity contribution is -0.117. The Morgan fingerprint density at radius 1 is 1.00 bits per heavy atom. The largest absolute Gasteiger partial charge is 0.342 e. The van der Waals surface area contributed by atoms with E-state index in [1.54, 1.807) is 0 Å². The van der Waals surface area contributed by atoms with Gasteiger partial charge in [-0.05, 0) is 78.1 Å². The molecule has 1 aliphatic heterocycles. The second kappa shape index (κ2) is 9.00. The van der Waals surface area contributed by atoms with Crippen LogP contribution in [0.3, 0.4) is 0 Å². The van der Waals surface area contributed by atoms with Crippen LogP contribution in [0.25, 0.3) is 11.6 Å². The number of hydrogen-bond acceptors (Lipinski definition) is 2.